The quantitative estimate of drug-likeness (QED) is 0.834. The monoisotopic (exact) mass is 233 g/mol. The zero-order chi connectivity index (χ0) is 12.3. The van der Waals surface area contributed by atoms with E-state index < -0.39 is 0 Å². The van der Waals surface area contributed by atoms with Gasteiger partial charge in [-0.2, -0.15) is 0 Å². The Labute approximate surface area is 101 Å². The largest absolute Gasteiger partial charge is 0.459 e. The molecule has 2 unspecified atom stereocenters. The van der Waals surface area contributed by atoms with E-state index in [-0.39, 0.29) is 18.7 Å². The molecule has 1 aromatic heterocycles. The zero-order valence-corrected chi connectivity index (χ0v) is 10.3. The number of hydrogen-bond acceptors (Lipinski definition) is 3. The topological polar surface area (TPSA) is 45.4 Å². The second-order valence-corrected chi connectivity index (χ2v) is 4.36. The first-order valence-electron chi connectivity index (χ1n) is 6.10. The lowest BCUT2D eigenvalue weighted by Gasteiger charge is -2.18. The van der Waals surface area contributed by atoms with Crippen LogP contribution in [0.4, 0.5) is 0 Å². The van der Waals surface area contributed by atoms with Crippen LogP contribution in [0, 0.1) is 0 Å². The highest BCUT2D eigenvalue weighted by Crippen LogP contribution is 2.23. The van der Waals surface area contributed by atoms with E-state index in [2.05, 4.69) is 25.2 Å². The van der Waals surface area contributed by atoms with Crippen molar-refractivity contribution in [3.8, 4) is 0 Å². The van der Waals surface area contributed by atoms with E-state index in [1.807, 2.05) is 24.3 Å². The smallest absolute Gasteiger partial charge is 0.134 e. The Morgan fingerprint density at radius 3 is 2.76 bits per heavy atom. The fourth-order valence-corrected chi connectivity index (χ4v) is 1.95. The van der Waals surface area contributed by atoms with Crippen LogP contribution in [0.5, 0.6) is 0 Å². The highest BCUT2D eigenvalue weighted by Gasteiger charge is 2.14. The molecule has 1 heterocycles. The molecule has 17 heavy (non-hydrogen) atoms. The van der Waals surface area contributed by atoms with E-state index in [0.717, 1.165) is 23.2 Å². The van der Waals surface area contributed by atoms with Crippen LogP contribution in [-0.2, 0) is 0 Å². The summed E-state index contributed by atoms with van der Waals surface area (Å²) in [5.41, 5.74) is 0.910. The summed E-state index contributed by atoms with van der Waals surface area (Å²) in [5.74, 6) is 0.915. The molecular weight excluding hydrogens is 214 g/mol. The molecule has 0 bridgehead atoms. The first kappa shape index (κ1) is 12.1. The second kappa shape index (κ2) is 5.34. The Bertz CT molecular complexity index is 441. The maximum absolute atomic E-state index is 9.17. The number of nitrogens with one attached hydrogen (secondary N) is 1. The van der Waals surface area contributed by atoms with Crippen LogP contribution in [0.3, 0.4) is 0 Å². The van der Waals surface area contributed by atoms with Crippen molar-refractivity contribution in [1.82, 2.24) is 5.32 Å². The van der Waals surface area contributed by atoms with Gasteiger partial charge in [-0.25, -0.2) is 0 Å². The van der Waals surface area contributed by atoms with Gasteiger partial charge in [-0.05, 0) is 25.5 Å². The molecule has 0 radical (unpaired) electrons. The fourth-order valence-electron chi connectivity index (χ4n) is 1.95. The molecule has 3 nitrogen and oxygen atoms in total. The van der Waals surface area contributed by atoms with Crippen molar-refractivity contribution in [1.29, 1.82) is 0 Å². The molecule has 0 fully saturated rings. The van der Waals surface area contributed by atoms with E-state index in [1.54, 1.807) is 0 Å². The molecule has 0 saturated heterocycles. The predicted molar refractivity (Wildman–Crippen MR) is 68.9 cm³/mol. The van der Waals surface area contributed by atoms with Gasteiger partial charge in [0.05, 0.1) is 12.6 Å². The van der Waals surface area contributed by atoms with Gasteiger partial charge in [0.25, 0.3) is 0 Å². The van der Waals surface area contributed by atoms with Gasteiger partial charge in [0.2, 0.25) is 0 Å². The summed E-state index contributed by atoms with van der Waals surface area (Å²) >= 11 is 0. The van der Waals surface area contributed by atoms with E-state index in [4.69, 9.17) is 9.52 Å². The van der Waals surface area contributed by atoms with Crippen LogP contribution in [0.2, 0.25) is 0 Å². The molecule has 0 aliphatic heterocycles. The first-order valence-corrected chi connectivity index (χ1v) is 6.10. The summed E-state index contributed by atoms with van der Waals surface area (Å²) < 4.78 is 5.78. The van der Waals surface area contributed by atoms with Crippen molar-refractivity contribution in [3.63, 3.8) is 0 Å². The highest BCUT2D eigenvalue weighted by molar-refractivity contribution is 5.77. The normalized spacial score (nSPS) is 15.0. The van der Waals surface area contributed by atoms with Gasteiger partial charge in [-0.3, -0.25) is 0 Å². The fraction of sp³-hybridized carbons (Fsp3) is 0.429. The van der Waals surface area contributed by atoms with Crippen molar-refractivity contribution in [2.75, 3.05) is 6.61 Å². The molecule has 1 aromatic carbocycles. The van der Waals surface area contributed by atoms with Gasteiger partial charge >= 0.3 is 0 Å². The van der Waals surface area contributed by atoms with Crippen molar-refractivity contribution in [2.45, 2.75) is 32.4 Å². The minimum atomic E-state index is 0.111. The van der Waals surface area contributed by atoms with Crippen LogP contribution in [0.1, 0.15) is 32.1 Å². The molecular formula is C14H19NO2. The van der Waals surface area contributed by atoms with E-state index in [9.17, 15) is 0 Å². The summed E-state index contributed by atoms with van der Waals surface area (Å²) in [4.78, 5) is 0. The van der Waals surface area contributed by atoms with Crippen LogP contribution in [-0.4, -0.2) is 17.8 Å². The summed E-state index contributed by atoms with van der Waals surface area (Å²) in [6, 6.07) is 10.3. The molecule has 2 atom stereocenters. The summed E-state index contributed by atoms with van der Waals surface area (Å²) in [7, 11) is 0. The van der Waals surface area contributed by atoms with Gasteiger partial charge in [0.1, 0.15) is 11.3 Å². The Kier molecular flexibility index (Phi) is 3.82. The van der Waals surface area contributed by atoms with Crippen LogP contribution in [0.15, 0.2) is 34.7 Å². The first-order chi connectivity index (χ1) is 8.24. The molecule has 3 heteroatoms. The van der Waals surface area contributed by atoms with Gasteiger partial charge in [-0.1, -0.05) is 25.1 Å². The minimum Gasteiger partial charge on any atom is -0.459 e. The third-order valence-corrected chi connectivity index (χ3v) is 3.07. The molecule has 0 aliphatic rings. The highest BCUT2D eigenvalue weighted by atomic mass is 16.3. The maximum Gasteiger partial charge on any atom is 0.134 e. The summed E-state index contributed by atoms with van der Waals surface area (Å²) in [5, 5.41) is 13.6. The van der Waals surface area contributed by atoms with E-state index >= 15 is 0 Å². The minimum absolute atomic E-state index is 0.111. The van der Waals surface area contributed by atoms with Crippen LogP contribution < -0.4 is 5.32 Å². The number of benzene rings is 1. The third-order valence-electron chi connectivity index (χ3n) is 3.07. The van der Waals surface area contributed by atoms with Crippen molar-refractivity contribution >= 4 is 11.0 Å². The lowest BCUT2D eigenvalue weighted by atomic mass is 10.1. The number of furan rings is 1. The molecule has 0 spiro atoms. The molecule has 2 aromatic rings. The van der Waals surface area contributed by atoms with Crippen LogP contribution in [0.25, 0.3) is 11.0 Å². The molecule has 0 aliphatic carbocycles. The van der Waals surface area contributed by atoms with Crippen LogP contribution >= 0.6 is 0 Å². The number of fused-ring (bicyclic) bond motifs is 1. The summed E-state index contributed by atoms with van der Waals surface area (Å²) in [6.45, 7) is 4.26. The number of rotatable bonds is 5. The molecule has 2 N–H and O–H groups in total. The Morgan fingerprint density at radius 1 is 1.35 bits per heavy atom. The molecule has 0 amide bonds. The van der Waals surface area contributed by atoms with Gasteiger partial charge in [0, 0.05) is 11.4 Å². The Hall–Kier alpha value is -1.32. The molecule has 2 rings (SSSR count). The SMILES string of the molecule is CCC(CO)NC(C)c1cc2ccccc2o1. The average molecular weight is 233 g/mol. The summed E-state index contributed by atoms with van der Waals surface area (Å²) in [6.07, 6.45) is 0.904. The lowest BCUT2D eigenvalue weighted by molar-refractivity contribution is 0.226. The number of aliphatic hydroxyl groups excluding tert-OH is 1. The number of aliphatic hydroxyl groups is 1. The molecule has 92 valence electrons. The van der Waals surface area contributed by atoms with Crippen molar-refractivity contribution < 1.29 is 9.52 Å². The third kappa shape index (κ3) is 2.68. The number of para-hydroxylation sites is 1. The Morgan fingerprint density at radius 2 is 2.12 bits per heavy atom. The zero-order valence-electron chi connectivity index (χ0n) is 10.3. The standard InChI is InChI=1S/C14H19NO2/c1-3-12(9-16)15-10(2)14-8-11-6-4-5-7-13(11)17-14/h4-8,10,12,15-16H,3,9H2,1-2H3. The van der Waals surface area contributed by atoms with Gasteiger partial charge in [0.15, 0.2) is 0 Å². The predicted octanol–water partition coefficient (Wildman–Crippen LogP) is 2.85. The van der Waals surface area contributed by atoms with Crippen molar-refractivity contribution in [3.05, 3.63) is 36.1 Å². The number of hydrogen-bond donors (Lipinski definition) is 2. The molecule has 0 saturated carbocycles. The average Bonchev–Trinajstić information content (AvgIpc) is 2.79. The van der Waals surface area contributed by atoms with Gasteiger partial charge < -0.3 is 14.8 Å². The van der Waals surface area contributed by atoms with Crippen molar-refractivity contribution in [2.24, 2.45) is 0 Å². The maximum atomic E-state index is 9.17. The Balaban J connectivity index is 2.15. The lowest BCUT2D eigenvalue weighted by Crippen LogP contribution is -2.33. The van der Waals surface area contributed by atoms with Gasteiger partial charge in [-0.15, -0.1) is 0 Å². The second-order valence-electron chi connectivity index (χ2n) is 4.36. The van der Waals surface area contributed by atoms with E-state index in [0.29, 0.717) is 0 Å². The van der Waals surface area contributed by atoms with E-state index in [1.165, 1.54) is 0 Å².